The van der Waals surface area contributed by atoms with Gasteiger partial charge in [-0.3, -0.25) is 9.78 Å². The highest BCUT2D eigenvalue weighted by molar-refractivity contribution is 5.90. The van der Waals surface area contributed by atoms with Crippen molar-refractivity contribution in [3.05, 3.63) is 48.0 Å². The zero-order valence-corrected chi connectivity index (χ0v) is 13.3. The van der Waals surface area contributed by atoms with Crippen LogP contribution in [-0.4, -0.2) is 29.0 Å². The summed E-state index contributed by atoms with van der Waals surface area (Å²) in [4.78, 5) is 21.8. The summed E-state index contributed by atoms with van der Waals surface area (Å²) in [5.41, 5.74) is 7.05. The number of aromatic nitrogens is 2. The van der Waals surface area contributed by atoms with Gasteiger partial charge in [0.25, 0.3) is 0 Å². The highest BCUT2D eigenvalue weighted by Crippen LogP contribution is 2.28. The number of benzene rings is 1. The average molecular weight is 314 g/mol. The molecule has 0 spiro atoms. The van der Waals surface area contributed by atoms with Gasteiger partial charge in [0.15, 0.2) is 5.82 Å². The van der Waals surface area contributed by atoms with Gasteiger partial charge in [-0.15, -0.1) is 0 Å². The molecule has 0 saturated carbocycles. The molecule has 0 bridgehead atoms. The summed E-state index contributed by atoms with van der Waals surface area (Å²) in [5, 5.41) is 0. The number of amides is 1. The molecule has 1 aromatic carbocycles. The Balaban J connectivity index is 2.52. The van der Waals surface area contributed by atoms with Crippen molar-refractivity contribution < 1.29 is 9.18 Å². The molecule has 2 N–H and O–H groups in total. The molecule has 2 rings (SSSR count). The number of halogens is 1. The second kappa shape index (κ2) is 7.00. The minimum absolute atomic E-state index is 0.193. The Kier molecular flexibility index (Phi) is 5.05. The number of nitrogens with two attached hydrogens (primary N) is 1. The summed E-state index contributed by atoms with van der Waals surface area (Å²) in [6.07, 6.45) is 4.30. The highest BCUT2D eigenvalue weighted by atomic mass is 19.1. The van der Waals surface area contributed by atoms with Gasteiger partial charge in [0.2, 0.25) is 5.91 Å². The Morgan fingerprint density at radius 2 is 1.96 bits per heavy atom. The quantitative estimate of drug-likeness (QED) is 0.861. The molecule has 0 atom stereocenters. The maximum atomic E-state index is 13.1. The summed E-state index contributed by atoms with van der Waals surface area (Å²) in [7, 11) is 1.91. The standard InChI is InChI=1S/C17H19FN4O/c1-11(2)22(3)17-16(12-4-6-13(18)7-5-12)20-10-14(21-17)8-9-15(19)23/h4-11H,1-3H3,(H2,19,23). The molecule has 0 fully saturated rings. The molecule has 2 aromatic rings. The van der Waals surface area contributed by atoms with E-state index in [2.05, 4.69) is 9.97 Å². The van der Waals surface area contributed by atoms with Crippen LogP contribution in [0.2, 0.25) is 0 Å². The molecule has 0 saturated heterocycles. The van der Waals surface area contributed by atoms with Crippen LogP contribution in [0.4, 0.5) is 10.2 Å². The summed E-state index contributed by atoms with van der Waals surface area (Å²) in [6, 6.07) is 6.29. The van der Waals surface area contributed by atoms with E-state index in [4.69, 9.17) is 5.73 Å². The first-order chi connectivity index (χ1) is 10.9. The topological polar surface area (TPSA) is 72.1 Å². The van der Waals surface area contributed by atoms with E-state index in [1.165, 1.54) is 24.3 Å². The first-order valence-electron chi connectivity index (χ1n) is 7.22. The second-order valence-corrected chi connectivity index (χ2v) is 5.41. The van der Waals surface area contributed by atoms with Crippen molar-refractivity contribution in [1.29, 1.82) is 0 Å². The van der Waals surface area contributed by atoms with E-state index < -0.39 is 5.91 Å². The van der Waals surface area contributed by atoms with E-state index in [1.54, 1.807) is 18.3 Å². The molecule has 120 valence electrons. The molecule has 0 radical (unpaired) electrons. The van der Waals surface area contributed by atoms with Crippen LogP contribution in [0.1, 0.15) is 19.5 Å². The van der Waals surface area contributed by atoms with Crippen molar-refractivity contribution in [2.24, 2.45) is 5.73 Å². The van der Waals surface area contributed by atoms with E-state index in [1.807, 2.05) is 25.8 Å². The van der Waals surface area contributed by atoms with Crippen LogP contribution in [0.15, 0.2) is 36.5 Å². The van der Waals surface area contributed by atoms with Crippen LogP contribution in [0.5, 0.6) is 0 Å². The van der Waals surface area contributed by atoms with E-state index in [9.17, 15) is 9.18 Å². The molecular formula is C17H19FN4O. The smallest absolute Gasteiger partial charge is 0.241 e. The number of carbonyl (C=O) groups excluding carboxylic acids is 1. The molecule has 0 aliphatic heterocycles. The number of primary amides is 1. The molecule has 0 unspecified atom stereocenters. The second-order valence-electron chi connectivity index (χ2n) is 5.41. The third-order valence-electron chi connectivity index (χ3n) is 3.42. The SMILES string of the molecule is CC(C)N(C)c1nc(C=CC(N)=O)cnc1-c1ccc(F)cc1. The molecule has 1 aromatic heterocycles. The maximum Gasteiger partial charge on any atom is 0.241 e. The molecule has 23 heavy (non-hydrogen) atoms. The van der Waals surface area contributed by atoms with Gasteiger partial charge >= 0.3 is 0 Å². The van der Waals surface area contributed by atoms with Crippen LogP contribution >= 0.6 is 0 Å². The molecule has 0 aliphatic rings. The Labute approximate surface area is 134 Å². The minimum atomic E-state index is -0.548. The predicted molar refractivity (Wildman–Crippen MR) is 89.2 cm³/mol. The van der Waals surface area contributed by atoms with Gasteiger partial charge in [-0.1, -0.05) is 0 Å². The molecule has 0 aliphatic carbocycles. The summed E-state index contributed by atoms with van der Waals surface area (Å²) >= 11 is 0. The van der Waals surface area contributed by atoms with Gasteiger partial charge in [-0.2, -0.15) is 0 Å². The van der Waals surface area contributed by atoms with Crippen molar-refractivity contribution >= 4 is 17.8 Å². The van der Waals surface area contributed by atoms with E-state index in [0.29, 0.717) is 17.2 Å². The van der Waals surface area contributed by atoms with E-state index in [0.717, 1.165) is 5.56 Å². The van der Waals surface area contributed by atoms with Crippen molar-refractivity contribution in [1.82, 2.24) is 9.97 Å². The monoisotopic (exact) mass is 314 g/mol. The van der Waals surface area contributed by atoms with Gasteiger partial charge < -0.3 is 10.6 Å². The van der Waals surface area contributed by atoms with Crippen LogP contribution in [0, 0.1) is 5.82 Å². The maximum absolute atomic E-state index is 13.1. The van der Waals surface area contributed by atoms with Crippen LogP contribution in [0.3, 0.4) is 0 Å². The zero-order valence-electron chi connectivity index (χ0n) is 13.3. The van der Waals surface area contributed by atoms with Gasteiger partial charge in [0.1, 0.15) is 11.5 Å². The highest BCUT2D eigenvalue weighted by Gasteiger charge is 2.15. The van der Waals surface area contributed by atoms with Gasteiger partial charge in [-0.05, 0) is 44.2 Å². The van der Waals surface area contributed by atoms with Crippen molar-refractivity contribution in [2.45, 2.75) is 19.9 Å². The summed E-state index contributed by atoms with van der Waals surface area (Å²) in [5.74, 6) is -0.201. The third-order valence-corrected chi connectivity index (χ3v) is 3.42. The molecule has 1 heterocycles. The normalized spacial score (nSPS) is 11.2. The average Bonchev–Trinajstić information content (AvgIpc) is 2.52. The molecular weight excluding hydrogens is 295 g/mol. The van der Waals surface area contributed by atoms with Gasteiger partial charge in [0.05, 0.1) is 11.9 Å². The summed E-state index contributed by atoms with van der Waals surface area (Å²) < 4.78 is 13.1. The number of carbonyl (C=O) groups is 1. The number of rotatable bonds is 5. The lowest BCUT2D eigenvalue weighted by molar-refractivity contribution is -0.113. The van der Waals surface area contributed by atoms with Crippen molar-refractivity contribution in [3.8, 4) is 11.3 Å². The first kappa shape index (κ1) is 16.6. The number of anilines is 1. The third kappa shape index (κ3) is 4.12. The van der Waals surface area contributed by atoms with E-state index >= 15 is 0 Å². The lowest BCUT2D eigenvalue weighted by Crippen LogP contribution is -2.27. The molecule has 6 heteroatoms. The zero-order chi connectivity index (χ0) is 17.0. The summed E-state index contributed by atoms with van der Waals surface area (Å²) in [6.45, 7) is 4.06. The van der Waals surface area contributed by atoms with Crippen LogP contribution in [0.25, 0.3) is 17.3 Å². The number of hydrogen-bond acceptors (Lipinski definition) is 4. The fraction of sp³-hybridized carbons (Fsp3) is 0.235. The fourth-order valence-corrected chi connectivity index (χ4v) is 1.94. The number of nitrogens with zero attached hydrogens (tertiary/aromatic N) is 3. The molecule has 1 amide bonds. The van der Waals surface area contributed by atoms with Crippen molar-refractivity contribution in [2.75, 3.05) is 11.9 Å². The largest absolute Gasteiger partial charge is 0.366 e. The predicted octanol–water partition coefficient (Wildman–Crippen LogP) is 2.63. The van der Waals surface area contributed by atoms with E-state index in [-0.39, 0.29) is 11.9 Å². The van der Waals surface area contributed by atoms with Gasteiger partial charge in [-0.25, -0.2) is 9.37 Å². The van der Waals surface area contributed by atoms with Crippen LogP contribution in [-0.2, 0) is 4.79 Å². The minimum Gasteiger partial charge on any atom is -0.366 e. The van der Waals surface area contributed by atoms with Crippen molar-refractivity contribution in [3.63, 3.8) is 0 Å². The lowest BCUT2D eigenvalue weighted by Gasteiger charge is -2.24. The lowest BCUT2D eigenvalue weighted by atomic mass is 10.1. The fourth-order valence-electron chi connectivity index (χ4n) is 1.94. The first-order valence-corrected chi connectivity index (χ1v) is 7.22. The Hall–Kier alpha value is -2.76. The number of hydrogen-bond donors (Lipinski definition) is 1. The van der Waals surface area contributed by atoms with Crippen LogP contribution < -0.4 is 10.6 Å². The molecule has 5 nitrogen and oxygen atoms in total. The van der Waals surface area contributed by atoms with Gasteiger partial charge in [0, 0.05) is 24.7 Å². The Bertz CT molecular complexity index is 726. The Morgan fingerprint density at radius 3 is 2.52 bits per heavy atom. The Morgan fingerprint density at radius 1 is 1.30 bits per heavy atom.